The van der Waals surface area contributed by atoms with Gasteiger partial charge in [-0.3, -0.25) is 0 Å². The molecule has 0 amide bonds. The second-order valence-corrected chi connectivity index (χ2v) is 2.53. The van der Waals surface area contributed by atoms with E-state index < -0.39 is 11.0 Å². The van der Waals surface area contributed by atoms with Crippen molar-refractivity contribution in [2.24, 2.45) is 5.73 Å². The lowest BCUT2D eigenvalue weighted by Crippen LogP contribution is -2.25. The van der Waals surface area contributed by atoms with Crippen molar-refractivity contribution < 1.29 is 10.0 Å². The maximum atomic E-state index is 10.4. The van der Waals surface area contributed by atoms with Gasteiger partial charge in [-0.25, -0.2) is 4.57 Å². The first-order chi connectivity index (χ1) is 6.15. The lowest BCUT2D eigenvalue weighted by molar-refractivity contribution is -0.397. The van der Waals surface area contributed by atoms with Crippen molar-refractivity contribution >= 4 is 18.4 Å². The molecule has 0 aliphatic heterocycles. The molecular weight excluding hydrogens is 212 g/mol. The molecule has 1 unspecified atom stereocenters. The molecule has 0 bridgehead atoms. The second-order valence-electron chi connectivity index (χ2n) is 2.53. The average Bonchev–Trinajstić information content (AvgIpc) is 2.52. The van der Waals surface area contributed by atoms with Gasteiger partial charge in [0, 0.05) is 6.54 Å². The Hall–Kier alpha value is -1.18. The molecule has 14 heavy (non-hydrogen) atoms. The summed E-state index contributed by atoms with van der Waals surface area (Å²) in [5.41, 5.74) is 5.16. The van der Waals surface area contributed by atoms with Crippen molar-refractivity contribution in [3.05, 3.63) is 22.5 Å². The topological polar surface area (TPSA) is 107 Å². The van der Waals surface area contributed by atoms with Crippen LogP contribution in [0.15, 0.2) is 12.4 Å². The molecule has 0 radical (unpaired) electrons. The molecule has 8 heteroatoms. The Morgan fingerprint density at radius 1 is 1.79 bits per heavy atom. The number of hydrogen-bond acceptors (Lipinski definition) is 5. The Bertz CT molecular complexity index is 303. The van der Waals surface area contributed by atoms with Gasteiger partial charge in [0.15, 0.2) is 0 Å². The van der Waals surface area contributed by atoms with E-state index in [1.165, 1.54) is 17.0 Å². The molecule has 3 N–H and O–H groups in total. The van der Waals surface area contributed by atoms with Crippen molar-refractivity contribution in [1.82, 2.24) is 9.55 Å². The van der Waals surface area contributed by atoms with Crippen LogP contribution in [0, 0.1) is 10.1 Å². The molecule has 0 saturated heterocycles. The van der Waals surface area contributed by atoms with E-state index in [9.17, 15) is 10.1 Å². The van der Waals surface area contributed by atoms with Gasteiger partial charge in [0.05, 0.1) is 12.6 Å². The molecule has 0 aliphatic carbocycles. The van der Waals surface area contributed by atoms with Gasteiger partial charge in [0.2, 0.25) is 0 Å². The number of nitrogens with two attached hydrogens (primary N) is 1. The Kier molecular flexibility index (Phi) is 5.06. The van der Waals surface area contributed by atoms with E-state index in [-0.39, 0.29) is 31.4 Å². The molecule has 1 aromatic rings. The quantitative estimate of drug-likeness (QED) is 0.529. The van der Waals surface area contributed by atoms with Gasteiger partial charge in [0.25, 0.3) is 0 Å². The lowest BCUT2D eigenvalue weighted by atomic mass is 10.3. The molecule has 0 saturated carbocycles. The fourth-order valence-corrected chi connectivity index (χ4v) is 0.917. The highest BCUT2D eigenvalue weighted by molar-refractivity contribution is 5.85. The lowest BCUT2D eigenvalue weighted by Gasteiger charge is -2.05. The highest BCUT2D eigenvalue weighted by Crippen LogP contribution is 2.07. The van der Waals surface area contributed by atoms with Crippen molar-refractivity contribution in [2.75, 3.05) is 6.54 Å². The molecule has 0 fully saturated rings. The minimum absolute atomic E-state index is 0. The van der Waals surface area contributed by atoms with Gasteiger partial charge in [-0.05, 0) is 4.92 Å². The summed E-state index contributed by atoms with van der Waals surface area (Å²) in [5.74, 6) is -0.285. The minimum atomic E-state index is -0.784. The molecule has 1 rings (SSSR count). The smallest absolute Gasteiger partial charge is 0.390 e. The second kappa shape index (κ2) is 5.53. The van der Waals surface area contributed by atoms with Crippen LogP contribution in [0.2, 0.25) is 0 Å². The molecule has 0 spiro atoms. The molecule has 7 nitrogen and oxygen atoms in total. The fraction of sp³-hybridized carbons (Fsp3) is 0.500. The van der Waals surface area contributed by atoms with Crippen molar-refractivity contribution in [2.45, 2.75) is 12.6 Å². The van der Waals surface area contributed by atoms with E-state index in [4.69, 9.17) is 10.8 Å². The zero-order valence-corrected chi connectivity index (χ0v) is 8.05. The SMILES string of the molecule is Cl.NCC(O)Cn1ccnc1[N+](=O)[O-]. The van der Waals surface area contributed by atoms with Gasteiger partial charge in [-0.15, -0.1) is 12.4 Å². The first-order valence-corrected chi connectivity index (χ1v) is 3.68. The number of halogens is 1. The number of hydrogen-bond donors (Lipinski definition) is 2. The fourth-order valence-electron chi connectivity index (χ4n) is 0.917. The molecule has 80 valence electrons. The van der Waals surface area contributed by atoms with Gasteiger partial charge in [-0.2, -0.15) is 0 Å². The standard InChI is InChI=1S/C6H10N4O3.ClH/c7-3-5(11)4-9-2-1-8-6(9)10(12)13;/h1-2,5,11H,3-4,7H2;1H. The van der Waals surface area contributed by atoms with Crippen LogP contribution in [0.1, 0.15) is 0 Å². The van der Waals surface area contributed by atoms with Crippen LogP contribution in [-0.2, 0) is 6.54 Å². The van der Waals surface area contributed by atoms with Gasteiger partial charge in [-0.1, -0.05) is 4.98 Å². The van der Waals surface area contributed by atoms with Crippen LogP contribution in [0.25, 0.3) is 0 Å². The highest BCUT2D eigenvalue weighted by Gasteiger charge is 2.16. The van der Waals surface area contributed by atoms with Crippen molar-refractivity contribution in [3.8, 4) is 0 Å². The summed E-state index contributed by atoms with van der Waals surface area (Å²) in [5, 5.41) is 19.5. The largest absolute Gasteiger partial charge is 0.434 e. The highest BCUT2D eigenvalue weighted by atomic mass is 35.5. The first kappa shape index (κ1) is 12.8. The summed E-state index contributed by atoms with van der Waals surface area (Å²) in [7, 11) is 0. The van der Waals surface area contributed by atoms with Crippen LogP contribution in [0.5, 0.6) is 0 Å². The third-order valence-corrected chi connectivity index (χ3v) is 1.54. The third-order valence-electron chi connectivity index (χ3n) is 1.54. The average molecular weight is 223 g/mol. The molecule has 0 aliphatic rings. The Balaban J connectivity index is 0.00000169. The van der Waals surface area contributed by atoms with Crippen LogP contribution in [-0.4, -0.2) is 32.2 Å². The summed E-state index contributed by atoms with van der Waals surface area (Å²) >= 11 is 0. The summed E-state index contributed by atoms with van der Waals surface area (Å²) in [4.78, 5) is 13.3. The van der Waals surface area contributed by atoms with E-state index in [1.807, 2.05) is 0 Å². The Labute approximate surface area is 86.1 Å². The zero-order chi connectivity index (χ0) is 9.84. The number of aromatic nitrogens is 2. The maximum Gasteiger partial charge on any atom is 0.434 e. The van der Waals surface area contributed by atoms with E-state index in [0.717, 1.165) is 0 Å². The van der Waals surface area contributed by atoms with Gasteiger partial charge in [0.1, 0.15) is 12.4 Å². The number of aliphatic hydroxyl groups is 1. The van der Waals surface area contributed by atoms with E-state index in [1.54, 1.807) is 0 Å². The molecular formula is C6H11ClN4O3. The van der Waals surface area contributed by atoms with Gasteiger partial charge < -0.3 is 21.0 Å². The molecule has 1 atom stereocenters. The maximum absolute atomic E-state index is 10.4. The van der Waals surface area contributed by atoms with Crippen LogP contribution in [0.3, 0.4) is 0 Å². The summed E-state index contributed by atoms with van der Waals surface area (Å²) < 4.78 is 1.25. The minimum Gasteiger partial charge on any atom is -0.390 e. The van der Waals surface area contributed by atoms with Crippen molar-refractivity contribution in [1.29, 1.82) is 0 Å². The van der Waals surface area contributed by atoms with Crippen LogP contribution < -0.4 is 5.73 Å². The molecule has 0 aromatic carbocycles. The number of rotatable bonds is 4. The zero-order valence-electron chi connectivity index (χ0n) is 7.24. The molecule has 1 heterocycles. The van der Waals surface area contributed by atoms with E-state index in [0.29, 0.717) is 0 Å². The number of nitrogens with zero attached hydrogens (tertiary/aromatic N) is 3. The summed E-state index contributed by atoms with van der Waals surface area (Å²) in [6.45, 7) is 0.155. The van der Waals surface area contributed by atoms with Crippen LogP contribution in [0.4, 0.5) is 5.95 Å². The molecule has 1 aromatic heterocycles. The van der Waals surface area contributed by atoms with E-state index >= 15 is 0 Å². The third kappa shape index (κ3) is 2.95. The summed E-state index contributed by atoms with van der Waals surface area (Å²) in [6.07, 6.45) is 1.95. The van der Waals surface area contributed by atoms with Crippen molar-refractivity contribution in [3.63, 3.8) is 0 Å². The Morgan fingerprint density at radius 2 is 2.43 bits per heavy atom. The summed E-state index contributed by atoms with van der Waals surface area (Å²) in [6, 6.07) is 0. The van der Waals surface area contributed by atoms with Crippen LogP contribution >= 0.6 is 12.4 Å². The number of nitro groups is 1. The number of imidazole rings is 1. The predicted octanol–water partition coefficient (Wildman–Crippen LogP) is -0.467. The normalized spacial score (nSPS) is 11.9. The monoisotopic (exact) mass is 222 g/mol. The van der Waals surface area contributed by atoms with Gasteiger partial charge >= 0.3 is 5.95 Å². The van der Waals surface area contributed by atoms with E-state index in [2.05, 4.69) is 4.98 Å². The Morgan fingerprint density at radius 3 is 2.93 bits per heavy atom. The number of aliphatic hydroxyl groups excluding tert-OH is 1. The predicted molar refractivity (Wildman–Crippen MR) is 51.2 cm³/mol. The first-order valence-electron chi connectivity index (χ1n) is 3.68.